The van der Waals surface area contributed by atoms with Crippen LogP contribution in [0.3, 0.4) is 0 Å². The molecule has 1 aromatic carbocycles. The molecule has 0 saturated carbocycles. The van der Waals surface area contributed by atoms with Crippen LogP contribution in [0.5, 0.6) is 0 Å². The molecule has 2 heterocycles. The van der Waals surface area contributed by atoms with Crippen molar-refractivity contribution in [2.75, 3.05) is 26.3 Å². The van der Waals surface area contributed by atoms with E-state index in [-0.39, 0.29) is 12.2 Å². The van der Waals surface area contributed by atoms with Gasteiger partial charge in [0.1, 0.15) is 0 Å². The standard InChI is InChI=1S/C12H13NO3/c14-12-10-4-2-1-3-9(10)11(16-12)13-5-7-15-8-6-13/h1-4,11H,5-8H2/t11-/m0/s1. The summed E-state index contributed by atoms with van der Waals surface area (Å²) in [5, 5.41) is 0. The van der Waals surface area contributed by atoms with Crippen molar-refractivity contribution < 1.29 is 14.3 Å². The number of morpholine rings is 1. The fraction of sp³-hybridized carbons (Fsp3) is 0.417. The zero-order valence-electron chi connectivity index (χ0n) is 8.89. The quantitative estimate of drug-likeness (QED) is 0.665. The van der Waals surface area contributed by atoms with Crippen LogP contribution in [-0.4, -0.2) is 37.2 Å². The smallest absolute Gasteiger partial charge is 0.340 e. The molecule has 1 saturated heterocycles. The summed E-state index contributed by atoms with van der Waals surface area (Å²) >= 11 is 0. The first-order valence-electron chi connectivity index (χ1n) is 5.48. The average Bonchev–Trinajstić information content (AvgIpc) is 2.69. The van der Waals surface area contributed by atoms with Crippen molar-refractivity contribution in [1.82, 2.24) is 4.90 Å². The molecule has 1 atom stereocenters. The lowest BCUT2D eigenvalue weighted by molar-refractivity contribution is -0.0658. The minimum atomic E-state index is -0.216. The highest BCUT2D eigenvalue weighted by molar-refractivity contribution is 5.93. The van der Waals surface area contributed by atoms with Crippen molar-refractivity contribution in [1.29, 1.82) is 0 Å². The van der Waals surface area contributed by atoms with Crippen LogP contribution < -0.4 is 0 Å². The largest absolute Gasteiger partial charge is 0.438 e. The number of ether oxygens (including phenoxy) is 2. The number of hydrogen-bond acceptors (Lipinski definition) is 4. The molecule has 0 aliphatic carbocycles. The van der Waals surface area contributed by atoms with E-state index >= 15 is 0 Å². The Labute approximate surface area is 93.8 Å². The molecule has 16 heavy (non-hydrogen) atoms. The molecule has 0 N–H and O–H groups in total. The molecular weight excluding hydrogens is 206 g/mol. The van der Waals surface area contributed by atoms with E-state index in [1.54, 1.807) is 0 Å². The average molecular weight is 219 g/mol. The predicted molar refractivity (Wildman–Crippen MR) is 57.0 cm³/mol. The van der Waals surface area contributed by atoms with Gasteiger partial charge in [0, 0.05) is 18.7 Å². The number of rotatable bonds is 1. The Kier molecular flexibility index (Phi) is 2.38. The molecule has 0 radical (unpaired) electrons. The van der Waals surface area contributed by atoms with Crippen molar-refractivity contribution in [3.63, 3.8) is 0 Å². The lowest BCUT2D eigenvalue weighted by atomic mass is 10.1. The molecule has 1 fully saturated rings. The van der Waals surface area contributed by atoms with Crippen LogP contribution >= 0.6 is 0 Å². The Bertz CT molecular complexity index is 412. The molecule has 2 aliphatic rings. The van der Waals surface area contributed by atoms with Gasteiger partial charge in [0.15, 0.2) is 6.23 Å². The van der Waals surface area contributed by atoms with Crippen molar-refractivity contribution in [3.8, 4) is 0 Å². The summed E-state index contributed by atoms with van der Waals surface area (Å²) in [6.07, 6.45) is -0.215. The van der Waals surface area contributed by atoms with Crippen LogP contribution in [0.1, 0.15) is 22.1 Å². The van der Waals surface area contributed by atoms with Gasteiger partial charge in [0.2, 0.25) is 0 Å². The zero-order chi connectivity index (χ0) is 11.0. The third kappa shape index (κ3) is 1.50. The fourth-order valence-corrected chi connectivity index (χ4v) is 2.21. The molecule has 0 aromatic heterocycles. The molecule has 0 spiro atoms. The molecule has 3 rings (SSSR count). The van der Waals surface area contributed by atoms with Crippen molar-refractivity contribution in [3.05, 3.63) is 35.4 Å². The van der Waals surface area contributed by atoms with Crippen LogP contribution in [0.15, 0.2) is 24.3 Å². The molecule has 1 aromatic rings. The monoisotopic (exact) mass is 219 g/mol. The first kappa shape index (κ1) is 9.81. The van der Waals surface area contributed by atoms with Crippen LogP contribution in [-0.2, 0) is 9.47 Å². The summed E-state index contributed by atoms with van der Waals surface area (Å²) < 4.78 is 10.7. The maximum atomic E-state index is 11.6. The van der Waals surface area contributed by atoms with Crippen LogP contribution in [0, 0.1) is 0 Å². The number of hydrogen-bond donors (Lipinski definition) is 0. The van der Waals surface area contributed by atoms with Crippen molar-refractivity contribution in [2.24, 2.45) is 0 Å². The van der Waals surface area contributed by atoms with Gasteiger partial charge in [0.25, 0.3) is 0 Å². The summed E-state index contributed by atoms with van der Waals surface area (Å²) in [6, 6.07) is 7.58. The predicted octanol–water partition coefficient (Wildman–Crippen LogP) is 1.19. The molecule has 84 valence electrons. The molecule has 4 nitrogen and oxygen atoms in total. The second-order valence-corrected chi connectivity index (χ2v) is 3.99. The van der Waals surface area contributed by atoms with Gasteiger partial charge in [-0.3, -0.25) is 4.90 Å². The Morgan fingerprint density at radius 1 is 1.19 bits per heavy atom. The highest BCUT2D eigenvalue weighted by atomic mass is 16.6. The lowest BCUT2D eigenvalue weighted by Gasteiger charge is -2.31. The van der Waals surface area contributed by atoms with E-state index in [0.29, 0.717) is 18.8 Å². The second-order valence-electron chi connectivity index (χ2n) is 3.99. The van der Waals surface area contributed by atoms with Gasteiger partial charge in [-0.15, -0.1) is 0 Å². The van der Waals surface area contributed by atoms with Gasteiger partial charge in [-0.05, 0) is 6.07 Å². The summed E-state index contributed by atoms with van der Waals surface area (Å²) in [7, 11) is 0. The van der Waals surface area contributed by atoms with E-state index in [0.717, 1.165) is 18.7 Å². The SMILES string of the molecule is O=C1O[C@H](N2CCOCC2)c2ccccc21. The first-order chi connectivity index (χ1) is 7.86. The summed E-state index contributed by atoms with van der Waals surface area (Å²) in [6.45, 7) is 3.03. The zero-order valence-corrected chi connectivity index (χ0v) is 8.89. The van der Waals surface area contributed by atoms with Crippen molar-refractivity contribution in [2.45, 2.75) is 6.23 Å². The van der Waals surface area contributed by atoms with E-state index in [1.165, 1.54) is 0 Å². The van der Waals surface area contributed by atoms with E-state index < -0.39 is 0 Å². The van der Waals surface area contributed by atoms with Gasteiger partial charge in [-0.1, -0.05) is 18.2 Å². The van der Waals surface area contributed by atoms with E-state index in [2.05, 4.69) is 4.90 Å². The Hall–Kier alpha value is -1.39. The normalized spacial score (nSPS) is 25.2. The Balaban J connectivity index is 1.90. The number of esters is 1. The van der Waals surface area contributed by atoms with Gasteiger partial charge in [-0.25, -0.2) is 4.79 Å². The number of cyclic esters (lactones) is 1. The van der Waals surface area contributed by atoms with E-state index in [9.17, 15) is 4.79 Å². The van der Waals surface area contributed by atoms with Crippen LogP contribution in [0.2, 0.25) is 0 Å². The minimum absolute atomic E-state index is 0.215. The maximum Gasteiger partial charge on any atom is 0.340 e. The third-order valence-corrected chi connectivity index (χ3v) is 3.04. The molecule has 0 amide bonds. The number of benzene rings is 1. The Morgan fingerprint density at radius 2 is 1.94 bits per heavy atom. The minimum Gasteiger partial charge on any atom is -0.438 e. The molecule has 4 heteroatoms. The van der Waals surface area contributed by atoms with Gasteiger partial charge in [0.05, 0.1) is 18.8 Å². The topological polar surface area (TPSA) is 38.8 Å². The van der Waals surface area contributed by atoms with Gasteiger partial charge >= 0.3 is 5.97 Å². The lowest BCUT2D eigenvalue weighted by Crippen LogP contribution is -2.39. The molecule has 2 aliphatic heterocycles. The highest BCUT2D eigenvalue weighted by Gasteiger charge is 2.35. The highest BCUT2D eigenvalue weighted by Crippen LogP contribution is 2.33. The van der Waals surface area contributed by atoms with Gasteiger partial charge in [-0.2, -0.15) is 0 Å². The summed E-state index contributed by atoms with van der Waals surface area (Å²) in [4.78, 5) is 13.8. The molecule has 0 unspecified atom stereocenters. The van der Waals surface area contributed by atoms with Crippen LogP contribution in [0.25, 0.3) is 0 Å². The maximum absolute atomic E-state index is 11.6. The molecular formula is C12H13NO3. The number of nitrogens with zero attached hydrogens (tertiary/aromatic N) is 1. The van der Waals surface area contributed by atoms with Gasteiger partial charge < -0.3 is 9.47 Å². The van der Waals surface area contributed by atoms with E-state index in [1.807, 2.05) is 24.3 Å². The van der Waals surface area contributed by atoms with E-state index in [4.69, 9.17) is 9.47 Å². The summed E-state index contributed by atoms with van der Waals surface area (Å²) in [5.74, 6) is -0.216. The second kappa shape index (κ2) is 3.88. The number of carbonyl (C=O) groups is 1. The number of fused-ring (bicyclic) bond motifs is 1. The van der Waals surface area contributed by atoms with Crippen LogP contribution in [0.4, 0.5) is 0 Å². The molecule has 0 bridgehead atoms. The fourth-order valence-electron chi connectivity index (χ4n) is 2.21. The Morgan fingerprint density at radius 3 is 2.75 bits per heavy atom. The van der Waals surface area contributed by atoms with Crippen molar-refractivity contribution >= 4 is 5.97 Å². The summed E-state index contributed by atoms with van der Waals surface area (Å²) in [5.41, 5.74) is 1.67. The number of carbonyl (C=O) groups excluding carboxylic acids is 1. The first-order valence-corrected chi connectivity index (χ1v) is 5.48. The third-order valence-electron chi connectivity index (χ3n) is 3.04.